The predicted molar refractivity (Wildman–Crippen MR) is 73.9 cm³/mol. The minimum atomic E-state index is -0.625. The summed E-state index contributed by atoms with van der Waals surface area (Å²) in [6, 6.07) is 0. The van der Waals surface area contributed by atoms with Crippen LogP contribution in [0.1, 0.15) is 46.5 Å². The molecule has 0 heterocycles. The van der Waals surface area contributed by atoms with E-state index in [0.29, 0.717) is 11.8 Å². The first-order valence-corrected chi connectivity index (χ1v) is 7.10. The average molecular weight is 270 g/mol. The Bertz CT molecular complexity index is 337. The molecule has 5 atom stereocenters. The van der Waals surface area contributed by atoms with Gasteiger partial charge in [-0.15, -0.1) is 0 Å². The summed E-state index contributed by atoms with van der Waals surface area (Å²) in [7, 11) is 0. The summed E-state index contributed by atoms with van der Waals surface area (Å²) in [5.41, 5.74) is 1.46. The van der Waals surface area contributed by atoms with Gasteiger partial charge >= 0.3 is 5.97 Å². The molecular formula is C15H26O4. The highest BCUT2D eigenvalue weighted by atomic mass is 17.0. The van der Waals surface area contributed by atoms with E-state index < -0.39 is 5.97 Å². The van der Waals surface area contributed by atoms with Crippen LogP contribution in [-0.2, 0) is 4.79 Å². The van der Waals surface area contributed by atoms with Crippen molar-refractivity contribution in [1.29, 1.82) is 0 Å². The lowest BCUT2D eigenvalue weighted by molar-refractivity contribution is -0.176. The number of carbonyl (C=O) groups is 1. The van der Waals surface area contributed by atoms with Crippen molar-refractivity contribution in [2.75, 3.05) is 0 Å². The summed E-state index contributed by atoms with van der Waals surface area (Å²) in [6.45, 7) is 6.42. The lowest BCUT2D eigenvalue weighted by Crippen LogP contribution is -2.39. The van der Waals surface area contributed by atoms with Gasteiger partial charge in [-0.2, -0.15) is 0 Å². The van der Waals surface area contributed by atoms with Gasteiger partial charge in [-0.3, -0.25) is 15.3 Å². The van der Waals surface area contributed by atoms with E-state index in [1.807, 2.05) is 6.92 Å². The highest BCUT2D eigenvalue weighted by Gasteiger charge is 2.41. The van der Waals surface area contributed by atoms with Gasteiger partial charge in [0, 0.05) is 0 Å². The molecule has 0 aliphatic heterocycles. The maximum Gasteiger partial charge on any atom is 0.306 e. The van der Waals surface area contributed by atoms with E-state index in [1.54, 1.807) is 0 Å². The van der Waals surface area contributed by atoms with E-state index in [-0.39, 0.29) is 5.92 Å². The van der Waals surface area contributed by atoms with Gasteiger partial charge in [0.2, 0.25) is 0 Å². The molecule has 19 heavy (non-hydrogen) atoms. The number of hydrogen-bond donors (Lipinski definition) is 3. The Morgan fingerprint density at radius 1 is 1.32 bits per heavy atom. The largest absolute Gasteiger partial charge is 0.481 e. The molecule has 2 aliphatic rings. The Labute approximate surface area is 115 Å². The maximum absolute atomic E-state index is 11.2. The van der Waals surface area contributed by atoms with E-state index in [2.05, 4.69) is 19.9 Å². The van der Waals surface area contributed by atoms with Crippen molar-refractivity contribution in [2.45, 2.75) is 46.5 Å². The highest BCUT2D eigenvalue weighted by Crippen LogP contribution is 2.47. The zero-order chi connectivity index (χ0) is 14.6. The Hall–Kier alpha value is -0.870. The van der Waals surface area contributed by atoms with E-state index in [9.17, 15) is 9.90 Å². The zero-order valence-electron chi connectivity index (χ0n) is 12.0. The molecule has 0 spiro atoms. The molecule has 0 saturated heterocycles. The number of carboxylic acids is 1. The second-order valence-electron chi connectivity index (χ2n) is 6.14. The first-order chi connectivity index (χ1) is 9.00. The Morgan fingerprint density at radius 3 is 2.53 bits per heavy atom. The highest BCUT2D eigenvalue weighted by molar-refractivity contribution is 5.70. The van der Waals surface area contributed by atoms with Crippen molar-refractivity contribution >= 4 is 5.97 Å². The predicted octanol–water partition coefficient (Wildman–Crippen LogP) is 3.74. The van der Waals surface area contributed by atoms with Crippen LogP contribution in [-0.4, -0.2) is 21.6 Å². The number of fused-ring (bicyclic) bond motifs is 1. The third-order valence-electron chi connectivity index (χ3n) is 5.06. The van der Waals surface area contributed by atoms with Gasteiger partial charge in [0.25, 0.3) is 0 Å². The van der Waals surface area contributed by atoms with Gasteiger partial charge in [-0.05, 0) is 49.9 Å². The number of allylic oxidation sites excluding steroid dienone is 2. The van der Waals surface area contributed by atoms with Gasteiger partial charge in [0.1, 0.15) is 0 Å². The van der Waals surface area contributed by atoms with Crippen molar-refractivity contribution in [3.8, 4) is 0 Å². The quantitative estimate of drug-likeness (QED) is 0.406. The topological polar surface area (TPSA) is 77.8 Å². The molecule has 4 heteroatoms. The maximum atomic E-state index is 11.2. The summed E-state index contributed by atoms with van der Waals surface area (Å²) >= 11 is 0. The van der Waals surface area contributed by atoms with Crippen LogP contribution in [0.25, 0.3) is 0 Å². The second-order valence-corrected chi connectivity index (χ2v) is 6.14. The monoisotopic (exact) mass is 270 g/mol. The normalized spacial score (nSPS) is 35.3. The SMILES string of the molecule is CC1=C[C@H]2[C@@H](CC1)[C@H](C)CC[C@H]2[C@@H](C)C(=O)O.OO. The molecule has 3 N–H and O–H groups in total. The molecule has 110 valence electrons. The summed E-state index contributed by atoms with van der Waals surface area (Å²) in [5, 5.41) is 21.2. The summed E-state index contributed by atoms with van der Waals surface area (Å²) in [6.07, 6.45) is 7.14. The zero-order valence-corrected chi connectivity index (χ0v) is 12.0. The number of hydrogen-bond acceptors (Lipinski definition) is 3. The first-order valence-electron chi connectivity index (χ1n) is 7.10. The van der Waals surface area contributed by atoms with Crippen molar-refractivity contribution in [2.24, 2.45) is 29.6 Å². The summed E-state index contributed by atoms with van der Waals surface area (Å²) in [5.74, 6) is 1.53. The van der Waals surface area contributed by atoms with Gasteiger partial charge < -0.3 is 5.11 Å². The van der Waals surface area contributed by atoms with Gasteiger partial charge in [0.05, 0.1) is 5.92 Å². The van der Waals surface area contributed by atoms with Crippen LogP contribution in [0.15, 0.2) is 11.6 Å². The van der Waals surface area contributed by atoms with E-state index in [1.165, 1.54) is 24.8 Å². The Kier molecular flexibility index (Phi) is 6.01. The van der Waals surface area contributed by atoms with E-state index in [0.717, 1.165) is 18.3 Å². The van der Waals surface area contributed by atoms with E-state index >= 15 is 0 Å². The standard InChI is InChI=1S/C15H24O2.H2O2/c1-9-4-6-12-10(2)5-7-13(14(12)8-9)11(3)15(16)17;1-2/h8,10-14H,4-7H2,1-3H3,(H,16,17);1-2H/t10-,11-,12+,13+,14+;/m1./s1. The third kappa shape index (κ3) is 3.57. The minimum Gasteiger partial charge on any atom is -0.481 e. The molecular weight excluding hydrogens is 244 g/mol. The lowest BCUT2D eigenvalue weighted by atomic mass is 9.60. The Morgan fingerprint density at radius 2 is 1.95 bits per heavy atom. The average Bonchev–Trinajstić information content (AvgIpc) is 2.40. The lowest BCUT2D eigenvalue weighted by Gasteiger charge is -2.44. The van der Waals surface area contributed by atoms with Crippen LogP contribution in [0.5, 0.6) is 0 Å². The molecule has 2 rings (SSSR count). The van der Waals surface area contributed by atoms with Crippen LogP contribution in [0.4, 0.5) is 0 Å². The number of carboxylic acid groups (broad SMARTS) is 1. The number of rotatable bonds is 2. The number of aliphatic carboxylic acids is 1. The van der Waals surface area contributed by atoms with Crippen molar-refractivity contribution in [3.63, 3.8) is 0 Å². The second kappa shape index (κ2) is 7.06. The minimum absolute atomic E-state index is 0.197. The smallest absolute Gasteiger partial charge is 0.306 e. The van der Waals surface area contributed by atoms with Crippen molar-refractivity contribution in [3.05, 3.63) is 11.6 Å². The molecule has 0 radical (unpaired) electrons. The molecule has 4 nitrogen and oxygen atoms in total. The third-order valence-corrected chi connectivity index (χ3v) is 5.06. The molecule has 0 aromatic rings. The molecule has 1 saturated carbocycles. The Balaban J connectivity index is 0.000000861. The van der Waals surface area contributed by atoms with Gasteiger partial charge in [-0.1, -0.05) is 31.9 Å². The molecule has 2 aliphatic carbocycles. The summed E-state index contributed by atoms with van der Waals surface area (Å²) < 4.78 is 0. The van der Waals surface area contributed by atoms with E-state index in [4.69, 9.17) is 10.5 Å². The molecule has 0 aromatic heterocycles. The molecule has 0 amide bonds. The fourth-order valence-electron chi connectivity index (χ4n) is 3.86. The molecule has 0 aromatic carbocycles. The molecule has 0 bridgehead atoms. The van der Waals surface area contributed by atoms with Gasteiger partial charge in [-0.25, -0.2) is 0 Å². The van der Waals surface area contributed by atoms with Crippen LogP contribution in [0.2, 0.25) is 0 Å². The van der Waals surface area contributed by atoms with Crippen LogP contribution in [0, 0.1) is 29.6 Å². The van der Waals surface area contributed by atoms with Gasteiger partial charge in [0.15, 0.2) is 0 Å². The van der Waals surface area contributed by atoms with Crippen LogP contribution in [0.3, 0.4) is 0 Å². The fraction of sp³-hybridized carbons (Fsp3) is 0.800. The molecule has 0 unspecified atom stereocenters. The van der Waals surface area contributed by atoms with Crippen LogP contribution < -0.4 is 0 Å². The van der Waals surface area contributed by atoms with Crippen LogP contribution >= 0.6 is 0 Å². The van der Waals surface area contributed by atoms with Crippen molar-refractivity contribution < 1.29 is 20.4 Å². The summed E-state index contributed by atoms with van der Waals surface area (Å²) in [4.78, 5) is 11.2. The molecule has 1 fully saturated rings. The fourth-order valence-corrected chi connectivity index (χ4v) is 3.86. The van der Waals surface area contributed by atoms with Crippen molar-refractivity contribution in [1.82, 2.24) is 0 Å². The first kappa shape index (κ1) is 16.2.